The molecule has 2 aromatic heterocycles. The lowest BCUT2D eigenvalue weighted by Gasteiger charge is -2.11. The van der Waals surface area contributed by atoms with E-state index >= 15 is 0 Å². The second-order valence-electron chi connectivity index (χ2n) is 9.55. The van der Waals surface area contributed by atoms with Crippen molar-refractivity contribution in [3.8, 4) is 22.5 Å². The van der Waals surface area contributed by atoms with Gasteiger partial charge in [0.15, 0.2) is 5.82 Å². The molecule has 3 heterocycles. The van der Waals surface area contributed by atoms with Gasteiger partial charge in [0.25, 0.3) is 13.9 Å². The number of benzene rings is 2. The molecule has 0 spiro atoms. The van der Waals surface area contributed by atoms with Crippen molar-refractivity contribution < 1.29 is 4.79 Å². The van der Waals surface area contributed by atoms with Gasteiger partial charge in [0.05, 0.1) is 6.04 Å². The molecule has 2 aliphatic rings. The van der Waals surface area contributed by atoms with Crippen LogP contribution in [0.5, 0.6) is 0 Å². The van der Waals surface area contributed by atoms with E-state index in [1.165, 1.54) is 23.1 Å². The summed E-state index contributed by atoms with van der Waals surface area (Å²) >= 11 is 0. The van der Waals surface area contributed by atoms with Crippen LogP contribution in [-0.2, 0) is 0 Å². The van der Waals surface area contributed by atoms with E-state index in [-0.39, 0.29) is 11.9 Å². The Morgan fingerprint density at radius 2 is 1.80 bits per heavy atom. The van der Waals surface area contributed by atoms with Gasteiger partial charge in [-0.2, -0.15) is 10.1 Å². The van der Waals surface area contributed by atoms with Gasteiger partial charge in [0.2, 0.25) is 5.95 Å². The zero-order chi connectivity index (χ0) is 24.3. The Morgan fingerprint density at radius 3 is 2.54 bits per heavy atom. The number of carbonyl (C=O) groups is 1. The van der Waals surface area contributed by atoms with Crippen molar-refractivity contribution in [3.05, 3.63) is 76.6 Å². The molecule has 8 heteroatoms. The Hall–Kier alpha value is -3.94. The van der Waals surface area contributed by atoms with Crippen LogP contribution in [0.1, 0.15) is 64.5 Å². The smallest absolute Gasteiger partial charge is 0.269 e. The first-order valence-corrected chi connectivity index (χ1v) is 11.9. The van der Waals surface area contributed by atoms with Crippen molar-refractivity contribution in [2.24, 2.45) is 0 Å². The van der Waals surface area contributed by atoms with Gasteiger partial charge < -0.3 is 10.6 Å². The van der Waals surface area contributed by atoms with Gasteiger partial charge >= 0.3 is 0 Å². The summed E-state index contributed by atoms with van der Waals surface area (Å²) in [6.45, 7) is 6.11. The summed E-state index contributed by atoms with van der Waals surface area (Å²) in [4.78, 5) is 21.3. The molecule has 35 heavy (non-hydrogen) atoms. The fourth-order valence-corrected chi connectivity index (χ4v) is 4.76. The number of fused-ring (bicyclic) bond motifs is 1. The Morgan fingerprint density at radius 1 is 1.03 bits per heavy atom. The Kier molecular flexibility index (Phi) is 4.98. The monoisotopic (exact) mass is 460 g/mol. The van der Waals surface area contributed by atoms with Gasteiger partial charge in [-0.3, -0.25) is 14.4 Å². The van der Waals surface area contributed by atoms with Crippen molar-refractivity contribution in [3.63, 3.8) is 0 Å². The number of nitrogens with zero attached hydrogens (tertiary/aromatic N) is 4. The average molecular weight is 460 g/mol. The lowest BCUT2D eigenvalue weighted by Crippen LogP contribution is -2.16. The zero-order valence-electron chi connectivity index (χ0n) is 20.0. The third-order valence-corrected chi connectivity index (χ3v) is 6.90. The minimum atomic E-state index is -0.0488. The lowest BCUT2D eigenvalue weighted by molar-refractivity contribution is 0.0958. The van der Waals surface area contributed by atoms with Gasteiger partial charge in [-0.15, -0.1) is 0 Å². The normalized spacial score (nSPS) is 16.8. The summed E-state index contributed by atoms with van der Waals surface area (Å²) in [7, 11) is 6.15. The fraction of sp³-hybridized carbons (Fsp3) is 0.259. The van der Waals surface area contributed by atoms with Gasteiger partial charge in [0, 0.05) is 40.2 Å². The molecule has 4 aromatic rings. The molecule has 2 aromatic carbocycles. The van der Waals surface area contributed by atoms with E-state index in [0.717, 1.165) is 39.1 Å². The minimum Gasteiger partial charge on any atom is -0.345 e. The van der Waals surface area contributed by atoms with E-state index in [4.69, 9.17) is 7.98 Å². The number of aromatic nitrogens is 4. The maximum atomic E-state index is 12.0. The highest BCUT2D eigenvalue weighted by Gasteiger charge is 2.26. The van der Waals surface area contributed by atoms with E-state index in [2.05, 4.69) is 63.8 Å². The lowest BCUT2D eigenvalue weighted by atomic mass is 9.95. The van der Waals surface area contributed by atoms with Crippen molar-refractivity contribution >= 4 is 25.5 Å². The summed E-state index contributed by atoms with van der Waals surface area (Å²) in [6, 6.07) is 14.1. The Balaban J connectivity index is 1.28. The Bertz CT molecular complexity index is 1470. The van der Waals surface area contributed by atoms with E-state index in [1.54, 1.807) is 0 Å². The molecular formula is C27H25BN6O. The molecule has 1 aliphatic heterocycles. The molecule has 1 aliphatic carbocycles. The van der Waals surface area contributed by atoms with Crippen molar-refractivity contribution in [1.82, 2.24) is 25.0 Å². The molecule has 6 rings (SSSR count). The first-order valence-electron chi connectivity index (χ1n) is 11.9. The maximum Gasteiger partial charge on any atom is 0.269 e. The molecule has 2 N–H and O–H groups in total. The zero-order valence-corrected chi connectivity index (χ0v) is 20.0. The maximum absolute atomic E-state index is 12.0. The molecule has 1 unspecified atom stereocenters. The Labute approximate surface area is 205 Å². The van der Waals surface area contributed by atoms with Crippen molar-refractivity contribution in [2.45, 2.75) is 45.6 Å². The van der Waals surface area contributed by atoms with E-state index in [0.29, 0.717) is 23.3 Å². The van der Waals surface area contributed by atoms with E-state index in [9.17, 15) is 4.79 Å². The van der Waals surface area contributed by atoms with Crippen LogP contribution in [-0.4, -0.2) is 33.5 Å². The van der Waals surface area contributed by atoms with Crippen LogP contribution in [0.4, 0.5) is 11.6 Å². The molecule has 1 fully saturated rings. The van der Waals surface area contributed by atoms with Crippen LogP contribution >= 0.6 is 0 Å². The van der Waals surface area contributed by atoms with Crippen LogP contribution in [0.15, 0.2) is 48.7 Å². The highest BCUT2D eigenvalue weighted by molar-refractivity contribution is 6.07. The molecule has 0 saturated heterocycles. The molecule has 7 nitrogen and oxygen atoms in total. The SMILES string of the molecule is [B]n1nc(-c2cc(C)c(-c3ccc(C4CC4)nc3)cc2C)nc1Nc1ccc2c(c1)C(C)NC2=O. The fourth-order valence-electron chi connectivity index (χ4n) is 4.76. The molecule has 172 valence electrons. The van der Waals surface area contributed by atoms with Crippen LogP contribution < -0.4 is 10.6 Å². The number of anilines is 2. The number of aryl methyl sites for hydroxylation is 2. The molecule has 0 bridgehead atoms. The number of hydrogen-bond acceptors (Lipinski definition) is 5. The van der Waals surface area contributed by atoms with Crippen molar-refractivity contribution in [1.29, 1.82) is 0 Å². The number of rotatable bonds is 5. The van der Waals surface area contributed by atoms with Gasteiger partial charge in [0.1, 0.15) is 0 Å². The number of carbonyl (C=O) groups excluding carboxylic acids is 1. The van der Waals surface area contributed by atoms with Gasteiger partial charge in [-0.25, -0.2) is 0 Å². The number of pyridine rings is 1. The summed E-state index contributed by atoms with van der Waals surface area (Å²) in [5.41, 5.74) is 9.01. The molecule has 2 radical (unpaired) electrons. The van der Waals surface area contributed by atoms with Crippen LogP contribution in [0, 0.1) is 13.8 Å². The summed E-state index contributed by atoms with van der Waals surface area (Å²) in [5, 5.41) is 10.6. The third kappa shape index (κ3) is 3.89. The molecule has 1 amide bonds. The summed E-state index contributed by atoms with van der Waals surface area (Å²) < 4.78 is 1.25. The predicted molar refractivity (Wildman–Crippen MR) is 137 cm³/mol. The van der Waals surface area contributed by atoms with Crippen LogP contribution in [0.25, 0.3) is 22.5 Å². The number of hydrogen-bond donors (Lipinski definition) is 2. The van der Waals surface area contributed by atoms with Crippen molar-refractivity contribution in [2.75, 3.05) is 5.32 Å². The van der Waals surface area contributed by atoms with Crippen LogP contribution in [0.2, 0.25) is 0 Å². The summed E-state index contributed by atoms with van der Waals surface area (Å²) in [6.07, 6.45) is 4.48. The second kappa shape index (κ2) is 8.08. The average Bonchev–Trinajstić information content (AvgIpc) is 3.58. The third-order valence-electron chi connectivity index (χ3n) is 6.90. The highest BCUT2D eigenvalue weighted by atomic mass is 16.2. The number of amides is 1. The minimum absolute atomic E-state index is 0.0326. The van der Waals surface area contributed by atoms with Gasteiger partial charge in [-0.05, 0) is 86.2 Å². The second-order valence-corrected chi connectivity index (χ2v) is 9.55. The topological polar surface area (TPSA) is 84.7 Å². The molecular weight excluding hydrogens is 435 g/mol. The first-order chi connectivity index (χ1) is 16.9. The summed E-state index contributed by atoms with van der Waals surface area (Å²) in [5.74, 6) is 1.57. The molecule has 1 saturated carbocycles. The van der Waals surface area contributed by atoms with Gasteiger partial charge in [-0.1, -0.05) is 12.1 Å². The first kappa shape index (κ1) is 21.6. The quantitative estimate of drug-likeness (QED) is 0.411. The highest BCUT2D eigenvalue weighted by Crippen LogP contribution is 2.39. The van der Waals surface area contributed by atoms with Crippen LogP contribution in [0.3, 0.4) is 0 Å². The van der Waals surface area contributed by atoms with E-state index in [1.807, 2.05) is 31.3 Å². The number of nitrogens with one attached hydrogen (secondary N) is 2. The standard InChI is InChI=1S/C27H25BN6O/c1-14-11-22(15(2)10-21(14)18-6-9-24(29-13-18)17-4-5-17)25-32-27(34(28)33-25)31-19-7-8-20-23(12-19)16(3)30-26(20)35/h6-13,16-17H,4-5H2,1-3H3,(H,30,35)(H,31,32,33). The molecule has 1 atom stereocenters. The predicted octanol–water partition coefficient (Wildman–Crippen LogP) is 4.98. The van der Waals surface area contributed by atoms with E-state index < -0.39 is 0 Å². The largest absolute Gasteiger partial charge is 0.345 e.